The van der Waals surface area contributed by atoms with Crippen LogP contribution in [0.2, 0.25) is 0 Å². The molecule has 194 valence electrons. The summed E-state index contributed by atoms with van der Waals surface area (Å²) in [5.74, 6) is -2.96. The van der Waals surface area contributed by atoms with E-state index in [4.69, 9.17) is 0 Å². The Morgan fingerprint density at radius 2 is 1.73 bits per heavy atom. The predicted octanol–water partition coefficient (Wildman–Crippen LogP) is 5.57. The van der Waals surface area contributed by atoms with E-state index in [1.54, 1.807) is 30.3 Å². The second-order valence-corrected chi connectivity index (χ2v) is 8.35. The third-order valence-electron chi connectivity index (χ3n) is 5.45. The molecule has 8 nitrogen and oxygen atoms in total. The van der Waals surface area contributed by atoms with Crippen LogP contribution in [0.5, 0.6) is 0 Å². The number of methoxy groups -OCH3 is 1. The number of ether oxygens (including phenoxy) is 1. The Bertz CT molecular complexity index is 1290. The van der Waals surface area contributed by atoms with Gasteiger partial charge in [-0.3, -0.25) is 19.9 Å². The molecule has 0 radical (unpaired) electrons. The molecule has 0 aliphatic rings. The summed E-state index contributed by atoms with van der Waals surface area (Å²) in [6.07, 6.45) is 2.79. The Kier molecular flexibility index (Phi) is 9.26. The van der Waals surface area contributed by atoms with Gasteiger partial charge in [0.2, 0.25) is 5.91 Å². The molecule has 0 saturated heterocycles. The molecule has 2 aromatic carbocycles. The van der Waals surface area contributed by atoms with Crippen LogP contribution in [0.25, 0.3) is 11.1 Å². The first kappa shape index (κ1) is 27.3. The summed E-state index contributed by atoms with van der Waals surface area (Å²) in [6.45, 7) is 3.43. The Morgan fingerprint density at radius 3 is 2.41 bits per heavy atom. The number of carbonyl (C=O) groups is 3. The molecule has 0 fully saturated rings. The van der Waals surface area contributed by atoms with Crippen molar-refractivity contribution in [3.8, 4) is 11.1 Å². The fraction of sp³-hybridized carbons (Fsp3) is 0.259. The molecule has 37 heavy (non-hydrogen) atoms. The molecular formula is C27H28F2N4O4. The van der Waals surface area contributed by atoms with E-state index in [0.29, 0.717) is 40.2 Å². The number of amides is 3. The molecule has 1 heterocycles. The number of benzene rings is 2. The average Bonchev–Trinajstić information content (AvgIpc) is 2.86. The third kappa shape index (κ3) is 7.33. The minimum absolute atomic E-state index is 0.0837. The lowest BCUT2D eigenvalue weighted by Gasteiger charge is -2.15. The van der Waals surface area contributed by atoms with Crippen molar-refractivity contribution in [2.75, 3.05) is 17.7 Å². The SMILES string of the molecule is CCCCC(=O)Nc1cc(NC(=O)OC)ccc1-c1ccnc(CNC(=O)c2c(F)cc(C)cc2F)c1. The van der Waals surface area contributed by atoms with Crippen LogP contribution in [0.1, 0.15) is 47.8 Å². The molecule has 0 atom stereocenters. The minimum atomic E-state index is -0.944. The molecule has 0 unspecified atom stereocenters. The highest BCUT2D eigenvalue weighted by Crippen LogP contribution is 2.31. The lowest BCUT2D eigenvalue weighted by Crippen LogP contribution is -2.25. The molecule has 3 N–H and O–H groups in total. The third-order valence-corrected chi connectivity index (χ3v) is 5.45. The molecule has 0 bridgehead atoms. The maximum Gasteiger partial charge on any atom is 0.411 e. The van der Waals surface area contributed by atoms with Gasteiger partial charge in [0.25, 0.3) is 5.91 Å². The summed E-state index contributed by atoms with van der Waals surface area (Å²) in [5, 5.41) is 7.93. The van der Waals surface area contributed by atoms with Crippen molar-refractivity contribution in [2.45, 2.75) is 39.7 Å². The van der Waals surface area contributed by atoms with Gasteiger partial charge in [-0.05, 0) is 60.9 Å². The van der Waals surface area contributed by atoms with Crippen molar-refractivity contribution >= 4 is 29.3 Å². The number of nitrogens with one attached hydrogen (secondary N) is 3. The van der Waals surface area contributed by atoms with Gasteiger partial charge in [0, 0.05) is 23.9 Å². The highest BCUT2D eigenvalue weighted by atomic mass is 19.1. The smallest absolute Gasteiger partial charge is 0.411 e. The van der Waals surface area contributed by atoms with Gasteiger partial charge in [0.15, 0.2) is 0 Å². The summed E-state index contributed by atoms with van der Waals surface area (Å²) >= 11 is 0. The number of nitrogens with zero attached hydrogens (tertiary/aromatic N) is 1. The molecule has 3 rings (SSSR count). The van der Waals surface area contributed by atoms with E-state index in [-0.39, 0.29) is 12.5 Å². The summed E-state index contributed by atoms with van der Waals surface area (Å²) in [5.41, 5.74) is 2.33. The van der Waals surface area contributed by atoms with Crippen LogP contribution in [0.15, 0.2) is 48.7 Å². The molecule has 0 saturated carbocycles. The minimum Gasteiger partial charge on any atom is -0.453 e. The second-order valence-electron chi connectivity index (χ2n) is 8.35. The summed E-state index contributed by atoms with van der Waals surface area (Å²) in [6, 6.07) is 10.6. The van der Waals surface area contributed by atoms with E-state index in [0.717, 1.165) is 25.0 Å². The first-order valence-electron chi connectivity index (χ1n) is 11.7. The van der Waals surface area contributed by atoms with Gasteiger partial charge in [-0.15, -0.1) is 0 Å². The number of carbonyl (C=O) groups excluding carboxylic acids is 3. The van der Waals surface area contributed by atoms with E-state index in [1.807, 2.05) is 6.92 Å². The van der Waals surface area contributed by atoms with Crippen LogP contribution in [-0.2, 0) is 16.1 Å². The van der Waals surface area contributed by atoms with Crippen LogP contribution in [0, 0.1) is 18.6 Å². The van der Waals surface area contributed by atoms with Gasteiger partial charge in [0.05, 0.1) is 25.0 Å². The number of pyridine rings is 1. The quantitative estimate of drug-likeness (QED) is 0.349. The first-order chi connectivity index (χ1) is 17.7. The zero-order valence-electron chi connectivity index (χ0n) is 20.8. The Balaban J connectivity index is 1.85. The van der Waals surface area contributed by atoms with Gasteiger partial charge in [-0.25, -0.2) is 13.6 Å². The maximum absolute atomic E-state index is 14.1. The van der Waals surface area contributed by atoms with E-state index >= 15 is 0 Å². The molecule has 3 aromatic rings. The maximum atomic E-state index is 14.1. The molecular weight excluding hydrogens is 482 g/mol. The highest BCUT2D eigenvalue weighted by Gasteiger charge is 2.18. The lowest BCUT2D eigenvalue weighted by atomic mass is 10.0. The number of anilines is 2. The van der Waals surface area contributed by atoms with E-state index in [2.05, 4.69) is 25.7 Å². The summed E-state index contributed by atoms with van der Waals surface area (Å²) < 4.78 is 32.9. The molecule has 0 spiro atoms. The van der Waals surface area contributed by atoms with Gasteiger partial charge in [0.1, 0.15) is 17.2 Å². The van der Waals surface area contributed by atoms with Crippen molar-refractivity contribution in [2.24, 2.45) is 0 Å². The molecule has 10 heteroatoms. The van der Waals surface area contributed by atoms with Gasteiger partial charge >= 0.3 is 6.09 Å². The van der Waals surface area contributed by atoms with Gasteiger partial charge in [-0.2, -0.15) is 0 Å². The second kappa shape index (κ2) is 12.6. The normalized spacial score (nSPS) is 10.5. The van der Waals surface area contributed by atoms with Crippen LogP contribution in [0.3, 0.4) is 0 Å². The Hall–Kier alpha value is -4.34. The zero-order chi connectivity index (χ0) is 26.9. The van der Waals surface area contributed by atoms with Crippen LogP contribution < -0.4 is 16.0 Å². The van der Waals surface area contributed by atoms with E-state index in [1.165, 1.54) is 20.2 Å². The lowest BCUT2D eigenvalue weighted by molar-refractivity contribution is -0.116. The largest absolute Gasteiger partial charge is 0.453 e. The number of hydrogen-bond donors (Lipinski definition) is 3. The van der Waals surface area contributed by atoms with Crippen molar-refractivity contribution in [1.82, 2.24) is 10.3 Å². The van der Waals surface area contributed by atoms with Crippen molar-refractivity contribution < 1.29 is 27.9 Å². The number of rotatable bonds is 9. The van der Waals surface area contributed by atoms with Crippen LogP contribution >= 0.6 is 0 Å². The molecule has 3 amide bonds. The monoisotopic (exact) mass is 510 g/mol. The molecule has 1 aromatic heterocycles. The molecule has 0 aliphatic carbocycles. The first-order valence-corrected chi connectivity index (χ1v) is 11.7. The standard InChI is InChI=1S/C27H28F2N4O4/c1-4-5-6-24(34)33-23-14-18(32-27(36)37-3)7-8-20(23)17-9-10-30-19(13-17)15-31-26(35)25-21(28)11-16(2)12-22(25)29/h7-14H,4-6,15H2,1-3H3,(H,31,35)(H,32,36)(H,33,34). The molecule has 0 aliphatic heterocycles. The van der Waals surface area contributed by atoms with E-state index < -0.39 is 29.2 Å². The Labute approximate surface area is 213 Å². The summed E-state index contributed by atoms with van der Waals surface area (Å²) in [4.78, 5) is 40.7. The van der Waals surface area contributed by atoms with Crippen molar-refractivity contribution in [3.63, 3.8) is 0 Å². The fourth-order valence-electron chi connectivity index (χ4n) is 3.61. The highest BCUT2D eigenvalue weighted by molar-refractivity contribution is 5.97. The number of hydrogen-bond acceptors (Lipinski definition) is 5. The number of aromatic nitrogens is 1. The van der Waals surface area contributed by atoms with Crippen LogP contribution in [-0.4, -0.2) is 30.0 Å². The van der Waals surface area contributed by atoms with Crippen molar-refractivity contribution in [3.05, 3.63) is 77.1 Å². The zero-order valence-corrected chi connectivity index (χ0v) is 20.8. The Morgan fingerprint density at radius 1 is 1.00 bits per heavy atom. The fourth-order valence-corrected chi connectivity index (χ4v) is 3.61. The summed E-state index contributed by atoms with van der Waals surface area (Å²) in [7, 11) is 1.25. The van der Waals surface area contributed by atoms with Crippen LogP contribution in [0.4, 0.5) is 25.0 Å². The van der Waals surface area contributed by atoms with Gasteiger partial charge < -0.3 is 15.4 Å². The number of unbranched alkanes of at least 4 members (excludes halogenated alkanes) is 1. The van der Waals surface area contributed by atoms with E-state index in [9.17, 15) is 23.2 Å². The van der Waals surface area contributed by atoms with Crippen molar-refractivity contribution in [1.29, 1.82) is 0 Å². The number of aryl methyl sites for hydroxylation is 1. The predicted molar refractivity (Wildman–Crippen MR) is 136 cm³/mol. The number of halogens is 2. The van der Waals surface area contributed by atoms with Gasteiger partial charge in [-0.1, -0.05) is 19.4 Å². The average molecular weight is 511 g/mol. The topological polar surface area (TPSA) is 109 Å².